The normalized spacial score (nSPS) is 12.1. The molecule has 0 heterocycles. The van der Waals surface area contributed by atoms with Gasteiger partial charge in [0.1, 0.15) is 0 Å². The minimum Gasteiger partial charge on any atom is -0.464 e. The molecule has 0 fully saturated rings. The molecule has 1 N–H and O–H groups in total. The third-order valence-corrected chi connectivity index (χ3v) is 3.09. The summed E-state index contributed by atoms with van der Waals surface area (Å²) in [5.74, 6) is -0.239. The summed E-state index contributed by atoms with van der Waals surface area (Å²) >= 11 is 0. The van der Waals surface area contributed by atoms with Crippen LogP contribution in [0.5, 0.6) is 0 Å². The van der Waals surface area contributed by atoms with Crippen LogP contribution < -0.4 is 5.32 Å². The monoisotopic (exact) mass is 293 g/mol. The van der Waals surface area contributed by atoms with E-state index in [0.717, 1.165) is 32.4 Å². The van der Waals surface area contributed by atoms with Crippen molar-refractivity contribution in [3.8, 4) is 0 Å². The number of ether oxygens (including phenoxy) is 2. The first-order valence-electron chi connectivity index (χ1n) is 7.80. The van der Waals surface area contributed by atoms with Gasteiger partial charge in [-0.2, -0.15) is 0 Å². The molecule has 0 aliphatic heterocycles. The summed E-state index contributed by atoms with van der Waals surface area (Å²) in [6.07, 6.45) is 2.10. The van der Waals surface area contributed by atoms with Crippen LogP contribution in [0, 0.1) is 0 Å². The number of nitrogens with one attached hydrogen (secondary N) is 1. The van der Waals surface area contributed by atoms with Gasteiger partial charge in [0.05, 0.1) is 6.61 Å². The Morgan fingerprint density at radius 3 is 2.67 bits per heavy atom. The lowest BCUT2D eigenvalue weighted by Crippen LogP contribution is -2.27. The van der Waals surface area contributed by atoms with Gasteiger partial charge in [-0.15, -0.1) is 0 Å². The highest BCUT2D eigenvalue weighted by Crippen LogP contribution is 2.05. The number of esters is 1. The van der Waals surface area contributed by atoms with Crippen LogP contribution in [0.25, 0.3) is 0 Å². The number of benzene rings is 1. The third-order valence-electron chi connectivity index (χ3n) is 3.09. The SMILES string of the molecule is CCCC(OCCCNCc1ccccc1)C(=O)OCC. The van der Waals surface area contributed by atoms with E-state index >= 15 is 0 Å². The van der Waals surface area contributed by atoms with Crippen LogP contribution in [-0.2, 0) is 20.8 Å². The zero-order chi connectivity index (χ0) is 15.3. The lowest BCUT2D eigenvalue weighted by Gasteiger charge is -2.15. The maximum atomic E-state index is 11.7. The van der Waals surface area contributed by atoms with Gasteiger partial charge < -0.3 is 14.8 Å². The van der Waals surface area contributed by atoms with Gasteiger partial charge in [0.2, 0.25) is 0 Å². The molecule has 0 bridgehead atoms. The molecule has 0 saturated carbocycles. The molecule has 0 aromatic heterocycles. The fourth-order valence-electron chi connectivity index (χ4n) is 2.02. The predicted octanol–water partition coefficient (Wildman–Crippen LogP) is 2.91. The molecule has 0 amide bonds. The summed E-state index contributed by atoms with van der Waals surface area (Å²) in [5, 5.41) is 3.37. The number of carbonyl (C=O) groups excluding carboxylic acids is 1. The van der Waals surface area contributed by atoms with Crippen LogP contribution >= 0.6 is 0 Å². The molecule has 1 unspecified atom stereocenters. The molecular formula is C17H27NO3. The van der Waals surface area contributed by atoms with Crippen LogP contribution in [0.1, 0.15) is 38.7 Å². The van der Waals surface area contributed by atoms with E-state index in [0.29, 0.717) is 13.2 Å². The highest BCUT2D eigenvalue weighted by atomic mass is 16.6. The van der Waals surface area contributed by atoms with Crippen molar-refractivity contribution in [3.05, 3.63) is 35.9 Å². The molecule has 0 radical (unpaired) electrons. The quantitative estimate of drug-likeness (QED) is 0.503. The van der Waals surface area contributed by atoms with Gasteiger partial charge in [0, 0.05) is 13.2 Å². The highest BCUT2D eigenvalue weighted by Gasteiger charge is 2.18. The molecule has 1 aromatic rings. The van der Waals surface area contributed by atoms with Crippen LogP contribution in [-0.4, -0.2) is 31.8 Å². The molecule has 4 heteroatoms. The smallest absolute Gasteiger partial charge is 0.335 e. The van der Waals surface area contributed by atoms with E-state index < -0.39 is 6.10 Å². The van der Waals surface area contributed by atoms with Crippen LogP contribution in [0.4, 0.5) is 0 Å². The molecule has 1 rings (SSSR count). The summed E-state index contributed by atoms with van der Waals surface area (Å²) in [4.78, 5) is 11.7. The zero-order valence-electron chi connectivity index (χ0n) is 13.1. The third kappa shape index (κ3) is 7.83. The minimum atomic E-state index is -0.413. The standard InChI is InChI=1S/C17H27NO3/c1-3-9-16(17(19)20-4-2)21-13-8-12-18-14-15-10-6-5-7-11-15/h5-7,10-11,16,18H,3-4,8-9,12-14H2,1-2H3. The van der Waals surface area contributed by atoms with Crippen molar-refractivity contribution in [3.63, 3.8) is 0 Å². The Bertz CT molecular complexity index is 381. The van der Waals surface area contributed by atoms with Gasteiger partial charge in [-0.3, -0.25) is 0 Å². The fraction of sp³-hybridized carbons (Fsp3) is 0.588. The van der Waals surface area contributed by atoms with Crippen molar-refractivity contribution in [2.24, 2.45) is 0 Å². The van der Waals surface area contributed by atoms with Crippen LogP contribution in [0.3, 0.4) is 0 Å². The van der Waals surface area contributed by atoms with Crippen LogP contribution in [0.2, 0.25) is 0 Å². The Labute approximate surface area is 127 Å². The first-order valence-corrected chi connectivity index (χ1v) is 7.80. The second kappa shape index (κ2) is 11.3. The molecule has 118 valence electrons. The molecule has 0 aliphatic rings. The number of rotatable bonds is 11. The van der Waals surface area contributed by atoms with Crippen molar-refractivity contribution in [1.29, 1.82) is 0 Å². The van der Waals surface area contributed by atoms with Gasteiger partial charge in [0.25, 0.3) is 0 Å². The highest BCUT2D eigenvalue weighted by molar-refractivity contribution is 5.74. The number of hydrogen-bond acceptors (Lipinski definition) is 4. The molecule has 0 aliphatic carbocycles. The molecule has 1 atom stereocenters. The van der Waals surface area contributed by atoms with Gasteiger partial charge >= 0.3 is 5.97 Å². The summed E-state index contributed by atoms with van der Waals surface area (Å²) in [6.45, 7) is 6.56. The Kier molecular flexibility index (Phi) is 9.49. The van der Waals surface area contributed by atoms with E-state index in [4.69, 9.17) is 9.47 Å². The summed E-state index contributed by atoms with van der Waals surface area (Å²) in [7, 11) is 0. The molecular weight excluding hydrogens is 266 g/mol. The maximum absolute atomic E-state index is 11.7. The topological polar surface area (TPSA) is 47.6 Å². The Morgan fingerprint density at radius 1 is 1.24 bits per heavy atom. The fourth-order valence-corrected chi connectivity index (χ4v) is 2.02. The first kappa shape index (κ1) is 17.7. The average molecular weight is 293 g/mol. The van der Waals surface area contributed by atoms with E-state index in [2.05, 4.69) is 17.4 Å². The zero-order valence-corrected chi connectivity index (χ0v) is 13.1. The van der Waals surface area contributed by atoms with E-state index in [1.165, 1.54) is 5.56 Å². The first-order chi connectivity index (χ1) is 10.3. The molecule has 4 nitrogen and oxygen atoms in total. The Balaban J connectivity index is 2.12. The van der Waals surface area contributed by atoms with E-state index in [1.807, 2.05) is 32.0 Å². The number of carbonyl (C=O) groups is 1. The number of hydrogen-bond donors (Lipinski definition) is 1. The van der Waals surface area contributed by atoms with Crippen LogP contribution in [0.15, 0.2) is 30.3 Å². The Hall–Kier alpha value is -1.39. The summed E-state index contributed by atoms with van der Waals surface area (Å²) < 4.78 is 10.6. The second-order valence-corrected chi connectivity index (χ2v) is 4.92. The molecule has 1 aromatic carbocycles. The molecule has 0 spiro atoms. The lowest BCUT2D eigenvalue weighted by molar-refractivity contribution is -0.157. The molecule has 21 heavy (non-hydrogen) atoms. The van der Waals surface area contributed by atoms with E-state index in [9.17, 15) is 4.79 Å². The largest absolute Gasteiger partial charge is 0.464 e. The van der Waals surface area contributed by atoms with Gasteiger partial charge in [-0.05, 0) is 31.9 Å². The van der Waals surface area contributed by atoms with Gasteiger partial charge in [-0.1, -0.05) is 43.7 Å². The van der Waals surface area contributed by atoms with E-state index in [1.54, 1.807) is 0 Å². The molecule has 0 saturated heterocycles. The average Bonchev–Trinajstić information content (AvgIpc) is 2.51. The summed E-state index contributed by atoms with van der Waals surface area (Å²) in [5.41, 5.74) is 1.27. The summed E-state index contributed by atoms with van der Waals surface area (Å²) in [6, 6.07) is 10.3. The van der Waals surface area contributed by atoms with E-state index in [-0.39, 0.29) is 5.97 Å². The predicted molar refractivity (Wildman–Crippen MR) is 84.0 cm³/mol. The van der Waals surface area contributed by atoms with Crippen molar-refractivity contribution in [2.45, 2.75) is 45.8 Å². The van der Waals surface area contributed by atoms with Crippen molar-refractivity contribution in [1.82, 2.24) is 5.32 Å². The van der Waals surface area contributed by atoms with Crippen molar-refractivity contribution in [2.75, 3.05) is 19.8 Å². The van der Waals surface area contributed by atoms with Crippen molar-refractivity contribution < 1.29 is 14.3 Å². The van der Waals surface area contributed by atoms with Gasteiger partial charge in [-0.25, -0.2) is 4.79 Å². The second-order valence-electron chi connectivity index (χ2n) is 4.92. The minimum absolute atomic E-state index is 0.239. The Morgan fingerprint density at radius 2 is 2.00 bits per heavy atom. The maximum Gasteiger partial charge on any atom is 0.335 e. The lowest BCUT2D eigenvalue weighted by atomic mass is 10.2. The van der Waals surface area contributed by atoms with Crippen molar-refractivity contribution >= 4 is 5.97 Å². The van der Waals surface area contributed by atoms with Gasteiger partial charge in [0.15, 0.2) is 6.10 Å².